The van der Waals surface area contributed by atoms with Crippen LogP contribution in [0, 0.1) is 11.7 Å². The summed E-state index contributed by atoms with van der Waals surface area (Å²) in [6.07, 6.45) is 3.76. The number of halogens is 1. The Morgan fingerprint density at radius 1 is 1.09 bits per heavy atom. The molecule has 186 valence electrons. The van der Waals surface area contributed by atoms with E-state index in [0.717, 1.165) is 86.5 Å². The molecule has 9 heteroatoms. The second kappa shape index (κ2) is 10.3. The van der Waals surface area contributed by atoms with Crippen molar-refractivity contribution < 1.29 is 13.9 Å². The third-order valence-electron chi connectivity index (χ3n) is 7.08. The topological polar surface area (TPSA) is 86.5 Å². The summed E-state index contributed by atoms with van der Waals surface area (Å²) in [4.78, 5) is 28.5. The lowest BCUT2D eigenvalue weighted by atomic mass is 9.96. The number of aromatic amines is 2. The van der Waals surface area contributed by atoms with Gasteiger partial charge in [0.1, 0.15) is 5.82 Å². The first kappa shape index (κ1) is 23.7. The predicted molar refractivity (Wildman–Crippen MR) is 137 cm³/mol. The molecule has 0 atom stereocenters. The predicted octanol–water partition coefficient (Wildman–Crippen LogP) is 3.51. The number of fused-ring (bicyclic) bond motifs is 6. The first-order valence-electron chi connectivity index (χ1n) is 12.2. The molecule has 4 aromatic rings. The molecule has 5 rings (SSSR count). The zero-order valence-corrected chi connectivity index (χ0v) is 20.3. The summed E-state index contributed by atoms with van der Waals surface area (Å²) in [6, 6.07) is 6.42. The second-order valence-corrected chi connectivity index (χ2v) is 9.29. The molecular weight excluding hydrogens is 449 g/mol. The van der Waals surface area contributed by atoms with Gasteiger partial charge in [-0.25, -0.2) is 9.37 Å². The van der Waals surface area contributed by atoms with Crippen LogP contribution in [0.3, 0.4) is 0 Å². The Hall–Kier alpha value is -3.01. The summed E-state index contributed by atoms with van der Waals surface area (Å²) in [5.41, 5.74) is 1.34. The number of pyridine rings is 1. The quantitative estimate of drug-likeness (QED) is 0.356. The van der Waals surface area contributed by atoms with Gasteiger partial charge in [-0.05, 0) is 43.0 Å². The third-order valence-corrected chi connectivity index (χ3v) is 7.08. The molecule has 0 aliphatic carbocycles. The molecule has 1 aliphatic rings. The van der Waals surface area contributed by atoms with Gasteiger partial charge in [0, 0.05) is 69.3 Å². The SMILES string of the molecule is COCCN(CCOC)CC1CCN(c2nc3c4cc[nH]c(=O)c4c4cc(F)ccc4c3[nH]2)CC1. The first-order chi connectivity index (χ1) is 17.1. The first-order valence-corrected chi connectivity index (χ1v) is 12.2. The van der Waals surface area contributed by atoms with E-state index < -0.39 is 0 Å². The third kappa shape index (κ3) is 4.76. The maximum Gasteiger partial charge on any atom is 0.256 e. The highest BCUT2D eigenvalue weighted by atomic mass is 19.1. The van der Waals surface area contributed by atoms with E-state index in [0.29, 0.717) is 16.7 Å². The van der Waals surface area contributed by atoms with Gasteiger partial charge in [-0.15, -0.1) is 0 Å². The van der Waals surface area contributed by atoms with Crippen molar-refractivity contribution in [3.8, 4) is 0 Å². The second-order valence-electron chi connectivity index (χ2n) is 9.29. The van der Waals surface area contributed by atoms with Crippen LogP contribution in [0.5, 0.6) is 0 Å². The minimum absolute atomic E-state index is 0.239. The average Bonchev–Trinajstić information content (AvgIpc) is 3.32. The van der Waals surface area contributed by atoms with Crippen LogP contribution in [-0.2, 0) is 9.47 Å². The Morgan fingerprint density at radius 2 is 1.83 bits per heavy atom. The highest BCUT2D eigenvalue weighted by Crippen LogP contribution is 2.34. The zero-order valence-electron chi connectivity index (χ0n) is 20.3. The molecule has 8 nitrogen and oxygen atoms in total. The number of ether oxygens (including phenoxy) is 2. The Labute approximate surface area is 203 Å². The fourth-order valence-electron chi connectivity index (χ4n) is 5.21. The molecule has 0 amide bonds. The van der Waals surface area contributed by atoms with Crippen molar-refractivity contribution in [2.24, 2.45) is 5.92 Å². The fraction of sp³-hybridized carbons (Fsp3) is 0.462. The number of rotatable bonds is 9. The number of H-pyrrole nitrogens is 2. The Morgan fingerprint density at radius 3 is 2.54 bits per heavy atom. The molecule has 0 radical (unpaired) electrons. The Kier molecular flexibility index (Phi) is 6.99. The lowest BCUT2D eigenvalue weighted by molar-refractivity contribution is 0.100. The molecule has 2 N–H and O–H groups in total. The van der Waals surface area contributed by atoms with Crippen molar-refractivity contribution in [2.45, 2.75) is 12.8 Å². The normalized spacial score (nSPS) is 15.3. The highest BCUT2D eigenvalue weighted by Gasteiger charge is 2.24. The molecule has 0 saturated carbocycles. The molecular formula is C26H32FN5O3. The van der Waals surface area contributed by atoms with Crippen LogP contribution in [0.4, 0.5) is 10.3 Å². The number of hydrogen-bond acceptors (Lipinski definition) is 6. The van der Waals surface area contributed by atoms with E-state index in [1.165, 1.54) is 12.1 Å². The summed E-state index contributed by atoms with van der Waals surface area (Å²) in [7, 11) is 3.47. The maximum absolute atomic E-state index is 14.1. The number of methoxy groups -OCH3 is 2. The van der Waals surface area contributed by atoms with Gasteiger partial charge in [0.15, 0.2) is 0 Å². The Balaban J connectivity index is 1.40. The van der Waals surface area contributed by atoms with E-state index in [1.807, 2.05) is 6.07 Å². The standard InChI is InChI=1S/C26H32FN5O3/c1-34-13-11-31(12-14-35-2)16-17-6-9-32(10-7-17)26-29-23-19-4-3-18(27)15-21(19)22-20(24(23)30-26)5-8-28-25(22)33/h3-5,8,15,17H,6-7,9-14,16H2,1-2H3,(H,28,33)(H,29,30). The minimum Gasteiger partial charge on any atom is -0.383 e. The van der Waals surface area contributed by atoms with E-state index in [9.17, 15) is 9.18 Å². The maximum atomic E-state index is 14.1. The fourth-order valence-corrected chi connectivity index (χ4v) is 5.21. The van der Waals surface area contributed by atoms with Gasteiger partial charge in [-0.2, -0.15) is 0 Å². The van der Waals surface area contributed by atoms with Gasteiger partial charge < -0.3 is 24.3 Å². The number of anilines is 1. The zero-order chi connectivity index (χ0) is 24.4. The molecule has 35 heavy (non-hydrogen) atoms. The van der Waals surface area contributed by atoms with E-state index in [4.69, 9.17) is 14.5 Å². The molecule has 0 unspecified atom stereocenters. The van der Waals surface area contributed by atoms with Crippen molar-refractivity contribution in [1.29, 1.82) is 0 Å². The van der Waals surface area contributed by atoms with Crippen molar-refractivity contribution in [3.05, 3.63) is 46.6 Å². The smallest absolute Gasteiger partial charge is 0.256 e. The number of aromatic nitrogens is 3. The largest absolute Gasteiger partial charge is 0.383 e. The van der Waals surface area contributed by atoms with Crippen molar-refractivity contribution in [1.82, 2.24) is 19.9 Å². The number of piperidine rings is 1. The summed E-state index contributed by atoms with van der Waals surface area (Å²) in [6.45, 7) is 6.08. The van der Waals surface area contributed by atoms with E-state index in [1.54, 1.807) is 26.5 Å². The number of benzene rings is 2. The van der Waals surface area contributed by atoms with Gasteiger partial charge >= 0.3 is 0 Å². The summed E-state index contributed by atoms with van der Waals surface area (Å²) < 4.78 is 24.6. The summed E-state index contributed by atoms with van der Waals surface area (Å²) in [5.74, 6) is 1.04. The van der Waals surface area contributed by atoms with Gasteiger partial charge in [-0.1, -0.05) is 0 Å². The van der Waals surface area contributed by atoms with Crippen molar-refractivity contribution in [3.63, 3.8) is 0 Å². The van der Waals surface area contributed by atoms with Crippen LogP contribution >= 0.6 is 0 Å². The van der Waals surface area contributed by atoms with Crippen molar-refractivity contribution >= 4 is 38.5 Å². The summed E-state index contributed by atoms with van der Waals surface area (Å²) >= 11 is 0. The molecule has 0 bridgehead atoms. The van der Waals surface area contributed by atoms with Crippen molar-refractivity contribution in [2.75, 3.05) is 65.1 Å². The molecule has 2 aromatic heterocycles. The minimum atomic E-state index is -0.367. The van der Waals surface area contributed by atoms with E-state index >= 15 is 0 Å². The summed E-state index contributed by atoms with van der Waals surface area (Å²) in [5, 5.41) is 2.59. The Bertz CT molecular complexity index is 1370. The van der Waals surface area contributed by atoms with Gasteiger partial charge in [-0.3, -0.25) is 9.69 Å². The van der Waals surface area contributed by atoms with Gasteiger partial charge in [0.25, 0.3) is 5.56 Å². The average molecular weight is 482 g/mol. The highest BCUT2D eigenvalue weighted by molar-refractivity contribution is 6.23. The molecule has 1 saturated heterocycles. The molecule has 2 aromatic carbocycles. The van der Waals surface area contributed by atoms with Crippen LogP contribution in [-0.4, -0.2) is 80.0 Å². The molecule has 1 aliphatic heterocycles. The monoisotopic (exact) mass is 481 g/mol. The van der Waals surface area contributed by atoms with Crippen LogP contribution in [0.25, 0.3) is 32.6 Å². The van der Waals surface area contributed by atoms with Crippen LogP contribution < -0.4 is 10.5 Å². The molecule has 0 spiro atoms. The van der Waals surface area contributed by atoms with Crippen LogP contribution in [0.2, 0.25) is 0 Å². The lowest BCUT2D eigenvalue weighted by Gasteiger charge is -2.34. The molecule has 3 heterocycles. The van der Waals surface area contributed by atoms with E-state index in [2.05, 4.69) is 19.8 Å². The number of imidazole rings is 1. The number of nitrogens with one attached hydrogen (secondary N) is 2. The lowest BCUT2D eigenvalue weighted by Crippen LogP contribution is -2.41. The van der Waals surface area contributed by atoms with E-state index in [-0.39, 0.29) is 11.4 Å². The van der Waals surface area contributed by atoms with Crippen LogP contribution in [0.15, 0.2) is 35.3 Å². The van der Waals surface area contributed by atoms with Gasteiger partial charge in [0.2, 0.25) is 5.95 Å². The van der Waals surface area contributed by atoms with Gasteiger partial charge in [0.05, 0.1) is 29.6 Å². The van der Waals surface area contributed by atoms with Crippen LogP contribution in [0.1, 0.15) is 12.8 Å². The molecule has 1 fully saturated rings. The number of nitrogens with zero attached hydrogens (tertiary/aromatic N) is 3. The number of hydrogen-bond donors (Lipinski definition) is 2.